The minimum absolute atomic E-state index is 0.219. The number of oxazole rings is 1. The van der Waals surface area contributed by atoms with E-state index in [1.165, 1.54) is 5.56 Å². The van der Waals surface area contributed by atoms with Crippen molar-refractivity contribution < 1.29 is 9.21 Å². The van der Waals surface area contributed by atoms with Crippen LogP contribution in [0.15, 0.2) is 71.1 Å². The first-order chi connectivity index (χ1) is 14.9. The molecule has 0 saturated carbocycles. The fourth-order valence-corrected chi connectivity index (χ4v) is 3.51. The van der Waals surface area contributed by atoms with Gasteiger partial charge in [0, 0.05) is 22.9 Å². The molecule has 0 bridgehead atoms. The van der Waals surface area contributed by atoms with Gasteiger partial charge in [-0.1, -0.05) is 44.2 Å². The average molecular weight is 430 g/mol. The second kappa shape index (κ2) is 8.70. The number of aromatic nitrogens is 1. The van der Waals surface area contributed by atoms with Crippen molar-refractivity contribution in [1.82, 2.24) is 10.3 Å². The number of aryl methyl sites for hydroxylation is 1. The highest BCUT2D eigenvalue weighted by Crippen LogP contribution is 2.27. The van der Waals surface area contributed by atoms with Gasteiger partial charge in [-0.25, -0.2) is 4.98 Å². The molecule has 0 aliphatic heterocycles. The predicted molar refractivity (Wildman–Crippen MR) is 128 cm³/mol. The number of anilines is 1. The zero-order valence-electron chi connectivity index (χ0n) is 17.6. The highest BCUT2D eigenvalue weighted by atomic mass is 32.1. The number of thiocarbonyl (C=S) groups is 1. The zero-order chi connectivity index (χ0) is 22.0. The Labute approximate surface area is 186 Å². The fourth-order valence-electron chi connectivity index (χ4n) is 3.30. The molecule has 0 radical (unpaired) electrons. The first kappa shape index (κ1) is 20.8. The van der Waals surface area contributed by atoms with Gasteiger partial charge in [0.2, 0.25) is 5.89 Å². The fraction of sp³-hybridized carbons (Fsp3) is 0.160. The van der Waals surface area contributed by atoms with E-state index >= 15 is 0 Å². The quantitative estimate of drug-likeness (QED) is 0.386. The molecule has 156 valence electrons. The van der Waals surface area contributed by atoms with Crippen molar-refractivity contribution in [2.75, 3.05) is 5.32 Å². The maximum atomic E-state index is 12.4. The number of nitrogens with one attached hydrogen (secondary N) is 2. The van der Waals surface area contributed by atoms with Crippen LogP contribution in [0, 0.1) is 6.92 Å². The van der Waals surface area contributed by atoms with Crippen LogP contribution in [-0.2, 0) is 0 Å². The van der Waals surface area contributed by atoms with E-state index in [0.29, 0.717) is 28.6 Å². The maximum absolute atomic E-state index is 12.4. The summed E-state index contributed by atoms with van der Waals surface area (Å²) in [5.74, 6) is 0.794. The molecule has 0 spiro atoms. The summed E-state index contributed by atoms with van der Waals surface area (Å²) in [6, 6.07) is 21.1. The van der Waals surface area contributed by atoms with Crippen LogP contribution in [0.2, 0.25) is 0 Å². The van der Waals surface area contributed by atoms with Crippen LogP contribution in [0.3, 0.4) is 0 Å². The van der Waals surface area contributed by atoms with Crippen molar-refractivity contribution in [3.63, 3.8) is 0 Å². The van der Waals surface area contributed by atoms with E-state index in [4.69, 9.17) is 16.6 Å². The number of carbonyl (C=O) groups is 1. The van der Waals surface area contributed by atoms with Crippen LogP contribution in [0.4, 0.5) is 5.69 Å². The molecular formula is C25H23N3O2S. The molecule has 6 heteroatoms. The van der Waals surface area contributed by atoms with Crippen LogP contribution < -0.4 is 10.6 Å². The van der Waals surface area contributed by atoms with Crippen LogP contribution in [0.5, 0.6) is 0 Å². The van der Waals surface area contributed by atoms with Gasteiger partial charge in [0.15, 0.2) is 10.7 Å². The van der Waals surface area contributed by atoms with E-state index < -0.39 is 0 Å². The lowest BCUT2D eigenvalue weighted by atomic mass is 10.0. The molecule has 4 aromatic rings. The van der Waals surface area contributed by atoms with Crippen LogP contribution in [0.25, 0.3) is 22.6 Å². The Balaban J connectivity index is 1.48. The third-order valence-electron chi connectivity index (χ3n) is 5.09. The molecule has 1 aromatic heterocycles. The molecule has 0 atom stereocenters. The number of fused-ring (bicyclic) bond motifs is 1. The lowest BCUT2D eigenvalue weighted by Crippen LogP contribution is -2.34. The van der Waals surface area contributed by atoms with Gasteiger partial charge in [-0.2, -0.15) is 0 Å². The summed E-state index contributed by atoms with van der Waals surface area (Å²) in [7, 11) is 0. The van der Waals surface area contributed by atoms with Gasteiger partial charge in [0.1, 0.15) is 5.52 Å². The molecule has 0 saturated heterocycles. The van der Waals surface area contributed by atoms with Crippen molar-refractivity contribution in [2.24, 2.45) is 0 Å². The maximum Gasteiger partial charge on any atom is 0.257 e. The van der Waals surface area contributed by atoms with Gasteiger partial charge in [-0.3, -0.25) is 10.1 Å². The van der Waals surface area contributed by atoms with E-state index in [2.05, 4.69) is 41.6 Å². The van der Waals surface area contributed by atoms with Crippen molar-refractivity contribution in [3.8, 4) is 11.5 Å². The largest absolute Gasteiger partial charge is 0.436 e. The van der Waals surface area contributed by atoms with E-state index in [0.717, 1.165) is 16.6 Å². The minimum atomic E-state index is -0.247. The standard InChI is InChI=1S/C25H23N3O2S/c1-15(2)17-8-10-18(11-9-17)24-27-21-13-12-19(14-22(21)30-24)26-25(31)28-23(29)20-7-5-4-6-16(20)3/h4-15H,1-3H3,(H2,26,28,29,31). The van der Waals surface area contributed by atoms with Crippen molar-refractivity contribution in [2.45, 2.75) is 26.7 Å². The van der Waals surface area contributed by atoms with E-state index in [-0.39, 0.29) is 11.0 Å². The van der Waals surface area contributed by atoms with Gasteiger partial charge < -0.3 is 9.73 Å². The summed E-state index contributed by atoms with van der Waals surface area (Å²) in [6.45, 7) is 6.21. The first-order valence-electron chi connectivity index (χ1n) is 10.1. The minimum Gasteiger partial charge on any atom is -0.436 e. The number of amides is 1. The Morgan fingerprint density at radius 3 is 2.48 bits per heavy atom. The number of hydrogen-bond acceptors (Lipinski definition) is 4. The number of rotatable bonds is 4. The summed E-state index contributed by atoms with van der Waals surface area (Å²) in [5.41, 5.74) is 5.78. The van der Waals surface area contributed by atoms with Gasteiger partial charge in [-0.05, 0) is 66.5 Å². The van der Waals surface area contributed by atoms with Gasteiger partial charge >= 0.3 is 0 Å². The lowest BCUT2D eigenvalue weighted by molar-refractivity contribution is 0.0977. The second-order valence-electron chi connectivity index (χ2n) is 7.70. The van der Waals surface area contributed by atoms with Crippen molar-refractivity contribution in [3.05, 3.63) is 83.4 Å². The Hall–Kier alpha value is -3.51. The zero-order valence-corrected chi connectivity index (χ0v) is 18.4. The number of benzene rings is 3. The van der Waals surface area contributed by atoms with Crippen LogP contribution >= 0.6 is 12.2 Å². The average Bonchev–Trinajstić information content (AvgIpc) is 3.17. The molecule has 3 aromatic carbocycles. The van der Waals surface area contributed by atoms with E-state index in [9.17, 15) is 4.79 Å². The Morgan fingerprint density at radius 2 is 1.77 bits per heavy atom. The first-order valence-corrected chi connectivity index (χ1v) is 10.5. The summed E-state index contributed by atoms with van der Waals surface area (Å²) < 4.78 is 5.96. The summed E-state index contributed by atoms with van der Waals surface area (Å²) in [4.78, 5) is 17.0. The Bertz CT molecular complexity index is 1260. The summed E-state index contributed by atoms with van der Waals surface area (Å²) in [6.07, 6.45) is 0. The van der Waals surface area contributed by atoms with E-state index in [1.54, 1.807) is 6.07 Å². The third-order valence-corrected chi connectivity index (χ3v) is 5.29. The van der Waals surface area contributed by atoms with Crippen LogP contribution in [0.1, 0.15) is 41.3 Å². The molecule has 0 fully saturated rings. The molecule has 1 heterocycles. The second-order valence-corrected chi connectivity index (χ2v) is 8.11. The SMILES string of the molecule is Cc1ccccc1C(=O)NC(=S)Nc1ccc2nc(-c3ccc(C(C)C)cc3)oc2c1. The Morgan fingerprint density at radius 1 is 1.03 bits per heavy atom. The van der Waals surface area contributed by atoms with Crippen molar-refractivity contribution in [1.29, 1.82) is 0 Å². The molecular weight excluding hydrogens is 406 g/mol. The Kier molecular flexibility index (Phi) is 5.82. The highest BCUT2D eigenvalue weighted by molar-refractivity contribution is 7.80. The van der Waals surface area contributed by atoms with Crippen molar-refractivity contribution >= 4 is 40.0 Å². The smallest absolute Gasteiger partial charge is 0.257 e. The number of hydrogen-bond donors (Lipinski definition) is 2. The monoisotopic (exact) mass is 429 g/mol. The third kappa shape index (κ3) is 4.64. The van der Waals surface area contributed by atoms with E-state index in [1.807, 2.05) is 55.5 Å². The number of carbonyl (C=O) groups excluding carboxylic acids is 1. The lowest BCUT2D eigenvalue weighted by Gasteiger charge is -2.10. The molecule has 0 aliphatic carbocycles. The number of nitrogens with zero attached hydrogens (tertiary/aromatic N) is 1. The molecule has 1 amide bonds. The topological polar surface area (TPSA) is 67.2 Å². The van der Waals surface area contributed by atoms with Gasteiger partial charge in [0.05, 0.1) is 0 Å². The highest BCUT2D eigenvalue weighted by Gasteiger charge is 2.12. The summed E-state index contributed by atoms with van der Waals surface area (Å²) >= 11 is 5.30. The molecule has 2 N–H and O–H groups in total. The molecule has 0 unspecified atom stereocenters. The molecule has 0 aliphatic rings. The van der Waals surface area contributed by atoms with Gasteiger partial charge in [0.25, 0.3) is 5.91 Å². The normalized spacial score (nSPS) is 11.0. The molecule has 5 nitrogen and oxygen atoms in total. The van der Waals surface area contributed by atoms with Crippen LogP contribution in [-0.4, -0.2) is 16.0 Å². The summed E-state index contributed by atoms with van der Waals surface area (Å²) in [5, 5.41) is 5.97. The predicted octanol–water partition coefficient (Wildman–Crippen LogP) is 6.05. The van der Waals surface area contributed by atoms with Gasteiger partial charge in [-0.15, -0.1) is 0 Å². The molecule has 31 heavy (non-hydrogen) atoms. The molecule has 4 rings (SSSR count).